The average molecular weight is 460 g/mol. The third-order valence-electron chi connectivity index (χ3n) is 4.06. The molecular formula is C18H14BrF4N3O2. The van der Waals surface area contributed by atoms with Crippen molar-refractivity contribution >= 4 is 38.3 Å². The molecule has 2 N–H and O–H groups in total. The number of aromatic hydroxyl groups is 1. The van der Waals surface area contributed by atoms with Gasteiger partial charge in [0.25, 0.3) is 0 Å². The molecule has 3 aromatic rings. The van der Waals surface area contributed by atoms with Crippen LogP contribution in [-0.4, -0.2) is 27.4 Å². The lowest BCUT2D eigenvalue weighted by atomic mass is 10.1. The Morgan fingerprint density at radius 1 is 1.21 bits per heavy atom. The summed E-state index contributed by atoms with van der Waals surface area (Å²) in [6.07, 6.45) is -5.49. The van der Waals surface area contributed by atoms with Crippen LogP contribution >= 0.6 is 15.9 Å². The quantitative estimate of drug-likeness (QED) is 0.495. The maximum atomic E-state index is 13.6. The molecule has 0 aliphatic heterocycles. The highest BCUT2D eigenvalue weighted by Crippen LogP contribution is 2.38. The van der Waals surface area contributed by atoms with E-state index in [4.69, 9.17) is 4.74 Å². The topological polar surface area (TPSA) is 67.3 Å². The smallest absolute Gasteiger partial charge is 0.425 e. The first-order valence-electron chi connectivity index (χ1n) is 8.00. The fourth-order valence-electron chi connectivity index (χ4n) is 2.54. The summed E-state index contributed by atoms with van der Waals surface area (Å²) in [5.41, 5.74) is 1.04. The van der Waals surface area contributed by atoms with E-state index >= 15 is 0 Å². The van der Waals surface area contributed by atoms with Crippen LogP contribution in [0.2, 0.25) is 0 Å². The molecule has 0 unspecified atom stereocenters. The van der Waals surface area contributed by atoms with E-state index in [1.807, 2.05) is 0 Å². The molecule has 1 heterocycles. The summed E-state index contributed by atoms with van der Waals surface area (Å²) in [5, 5.41) is 13.5. The second-order valence-corrected chi connectivity index (χ2v) is 6.87. The summed E-state index contributed by atoms with van der Waals surface area (Å²) >= 11 is 3.22. The van der Waals surface area contributed by atoms with Crippen molar-refractivity contribution in [1.29, 1.82) is 0 Å². The van der Waals surface area contributed by atoms with Gasteiger partial charge in [0, 0.05) is 17.0 Å². The van der Waals surface area contributed by atoms with Crippen molar-refractivity contribution in [1.82, 2.24) is 9.97 Å². The monoisotopic (exact) mass is 459 g/mol. The Morgan fingerprint density at radius 3 is 2.61 bits per heavy atom. The molecule has 148 valence electrons. The number of halogens is 5. The van der Waals surface area contributed by atoms with Gasteiger partial charge in [0.05, 0.1) is 15.7 Å². The van der Waals surface area contributed by atoms with Crippen LogP contribution in [0.4, 0.5) is 29.1 Å². The van der Waals surface area contributed by atoms with Crippen molar-refractivity contribution in [2.75, 3.05) is 5.32 Å². The van der Waals surface area contributed by atoms with Crippen molar-refractivity contribution in [3.05, 3.63) is 46.4 Å². The number of hydrogen-bond donors (Lipinski definition) is 2. The molecule has 0 saturated carbocycles. The zero-order valence-electron chi connectivity index (χ0n) is 14.6. The maximum absolute atomic E-state index is 13.6. The third kappa shape index (κ3) is 3.96. The number of aryl methyl sites for hydroxylation is 1. The molecule has 10 heteroatoms. The number of alkyl halides is 3. The van der Waals surface area contributed by atoms with Crippen LogP contribution in [0.25, 0.3) is 10.9 Å². The summed E-state index contributed by atoms with van der Waals surface area (Å²) in [4.78, 5) is 8.24. The Balaban J connectivity index is 2.07. The Morgan fingerprint density at radius 2 is 1.93 bits per heavy atom. The molecule has 1 aromatic heterocycles. The summed E-state index contributed by atoms with van der Waals surface area (Å²) in [7, 11) is 0. The van der Waals surface area contributed by atoms with E-state index in [-0.39, 0.29) is 23.0 Å². The lowest BCUT2D eigenvalue weighted by Crippen LogP contribution is -2.31. The largest absolute Gasteiger partial charge is 0.506 e. The van der Waals surface area contributed by atoms with Crippen LogP contribution in [0.1, 0.15) is 12.5 Å². The van der Waals surface area contributed by atoms with Crippen LogP contribution < -0.4 is 10.1 Å². The highest BCUT2D eigenvalue weighted by molar-refractivity contribution is 9.10. The zero-order valence-corrected chi connectivity index (χ0v) is 16.2. The standard InChI is InChI=1S/C18H14BrF4N3O2/c1-8-15-13(6-11(19)16(8)27)24-7-25-17(15)26-12-4-3-10(20)5-14(12)28-9(2)18(21,22)23/h3-7,9,27H,1-2H3,(H,24,25,26)/t9-/m1/s1. The lowest BCUT2D eigenvalue weighted by Gasteiger charge is -2.20. The van der Waals surface area contributed by atoms with Gasteiger partial charge >= 0.3 is 6.18 Å². The number of fused-ring (bicyclic) bond motifs is 1. The van der Waals surface area contributed by atoms with E-state index < -0.39 is 18.1 Å². The van der Waals surface area contributed by atoms with E-state index in [1.54, 1.807) is 13.0 Å². The fraction of sp³-hybridized carbons (Fsp3) is 0.222. The summed E-state index contributed by atoms with van der Waals surface area (Å²) in [6, 6.07) is 4.76. The Labute approximate surface area is 165 Å². The molecule has 0 saturated heterocycles. The molecule has 28 heavy (non-hydrogen) atoms. The SMILES string of the molecule is Cc1c(O)c(Br)cc2ncnc(Nc3ccc(F)cc3O[C@H](C)C(F)(F)F)c12. The number of hydrogen-bond acceptors (Lipinski definition) is 5. The molecule has 0 bridgehead atoms. The molecule has 0 fully saturated rings. The van der Waals surface area contributed by atoms with Crippen molar-refractivity contribution in [2.45, 2.75) is 26.1 Å². The minimum Gasteiger partial charge on any atom is -0.506 e. The van der Waals surface area contributed by atoms with Gasteiger partial charge in [-0.05, 0) is 48.0 Å². The predicted octanol–water partition coefficient (Wildman–Crippen LogP) is 5.62. The molecule has 2 aromatic carbocycles. The molecule has 0 spiro atoms. The minimum atomic E-state index is -4.61. The van der Waals surface area contributed by atoms with Crippen LogP contribution in [0.5, 0.6) is 11.5 Å². The first-order valence-corrected chi connectivity index (χ1v) is 8.80. The zero-order chi connectivity index (χ0) is 20.6. The second-order valence-electron chi connectivity index (χ2n) is 6.02. The molecule has 3 rings (SSSR count). The number of rotatable bonds is 4. The van der Waals surface area contributed by atoms with E-state index in [2.05, 4.69) is 31.2 Å². The van der Waals surface area contributed by atoms with E-state index in [0.717, 1.165) is 19.1 Å². The summed E-state index contributed by atoms with van der Waals surface area (Å²) in [6.45, 7) is 2.47. The number of benzene rings is 2. The van der Waals surface area contributed by atoms with Gasteiger partial charge in [-0.15, -0.1) is 0 Å². The molecule has 1 atom stereocenters. The van der Waals surface area contributed by atoms with Crippen molar-refractivity contribution in [3.63, 3.8) is 0 Å². The Bertz CT molecular complexity index is 1040. The number of phenols is 1. The van der Waals surface area contributed by atoms with Gasteiger partial charge in [0.2, 0.25) is 0 Å². The van der Waals surface area contributed by atoms with Crippen LogP contribution in [0.3, 0.4) is 0 Å². The van der Waals surface area contributed by atoms with Gasteiger partial charge in [-0.2, -0.15) is 13.2 Å². The number of aromatic nitrogens is 2. The van der Waals surface area contributed by atoms with E-state index in [1.165, 1.54) is 12.4 Å². The molecule has 5 nitrogen and oxygen atoms in total. The Hall–Kier alpha value is -2.62. The minimum absolute atomic E-state index is 0.0216. The molecule has 0 aliphatic carbocycles. The normalized spacial score (nSPS) is 12.8. The Kier molecular flexibility index (Phi) is 5.33. The number of phenolic OH excluding ortho intramolecular Hbond substituents is 1. The first kappa shape index (κ1) is 20.1. The third-order valence-corrected chi connectivity index (χ3v) is 4.66. The maximum Gasteiger partial charge on any atom is 0.425 e. The van der Waals surface area contributed by atoms with Crippen LogP contribution in [-0.2, 0) is 0 Å². The number of anilines is 2. The highest BCUT2D eigenvalue weighted by atomic mass is 79.9. The van der Waals surface area contributed by atoms with Crippen LogP contribution in [0.15, 0.2) is 35.1 Å². The highest BCUT2D eigenvalue weighted by Gasteiger charge is 2.38. The molecular weight excluding hydrogens is 446 g/mol. The summed E-state index contributed by atoms with van der Waals surface area (Å²) in [5.74, 6) is -0.871. The molecule has 0 radical (unpaired) electrons. The predicted molar refractivity (Wildman–Crippen MR) is 99.5 cm³/mol. The second kappa shape index (κ2) is 7.42. The summed E-state index contributed by atoms with van der Waals surface area (Å²) < 4.78 is 57.5. The number of ether oxygens (including phenoxy) is 1. The van der Waals surface area contributed by atoms with Crippen molar-refractivity contribution < 1.29 is 27.4 Å². The molecule has 0 amide bonds. The van der Waals surface area contributed by atoms with Gasteiger partial charge in [-0.1, -0.05) is 0 Å². The van der Waals surface area contributed by atoms with Gasteiger partial charge in [-0.25, -0.2) is 14.4 Å². The van der Waals surface area contributed by atoms with E-state index in [0.29, 0.717) is 20.9 Å². The fourth-order valence-corrected chi connectivity index (χ4v) is 3.06. The van der Waals surface area contributed by atoms with Gasteiger partial charge in [-0.3, -0.25) is 0 Å². The first-order chi connectivity index (χ1) is 13.1. The van der Waals surface area contributed by atoms with Gasteiger partial charge < -0.3 is 15.2 Å². The van der Waals surface area contributed by atoms with Gasteiger partial charge in [0.1, 0.15) is 29.5 Å². The lowest BCUT2D eigenvalue weighted by molar-refractivity contribution is -0.189. The molecule has 0 aliphatic rings. The van der Waals surface area contributed by atoms with Crippen molar-refractivity contribution in [2.24, 2.45) is 0 Å². The van der Waals surface area contributed by atoms with Crippen molar-refractivity contribution in [3.8, 4) is 11.5 Å². The average Bonchev–Trinajstić information content (AvgIpc) is 2.61. The number of nitrogens with one attached hydrogen (secondary N) is 1. The van der Waals surface area contributed by atoms with Gasteiger partial charge in [0.15, 0.2) is 6.10 Å². The number of nitrogens with zero attached hydrogens (tertiary/aromatic N) is 2. The van der Waals surface area contributed by atoms with Crippen LogP contribution in [0, 0.1) is 12.7 Å². The van der Waals surface area contributed by atoms with E-state index in [9.17, 15) is 22.7 Å².